The summed E-state index contributed by atoms with van der Waals surface area (Å²) >= 11 is 0. The molecule has 0 unspecified atom stereocenters. The minimum Gasteiger partial charge on any atom is -0.435 e. The van der Waals surface area contributed by atoms with Crippen LogP contribution < -0.4 is 10.1 Å². The lowest BCUT2D eigenvalue weighted by atomic mass is 10.2. The van der Waals surface area contributed by atoms with E-state index in [0.29, 0.717) is 11.4 Å². The lowest BCUT2D eigenvalue weighted by molar-refractivity contribution is -0.116. The Morgan fingerprint density at radius 2 is 2.07 bits per heavy atom. The molecule has 9 heteroatoms. The molecule has 3 rings (SSSR count). The van der Waals surface area contributed by atoms with Gasteiger partial charge in [-0.05, 0) is 29.8 Å². The number of carbonyl (C=O) groups excluding carboxylic acids is 1. The average Bonchev–Trinajstić information content (AvgIpc) is 3.20. The summed E-state index contributed by atoms with van der Waals surface area (Å²) in [6.07, 6.45) is 7.48. The van der Waals surface area contributed by atoms with E-state index in [9.17, 15) is 13.6 Å². The van der Waals surface area contributed by atoms with E-state index in [1.54, 1.807) is 30.5 Å². The minimum absolute atomic E-state index is 0.0591. The lowest BCUT2D eigenvalue weighted by Gasteiger charge is -2.08. The van der Waals surface area contributed by atoms with Gasteiger partial charge in [-0.25, -0.2) is 14.6 Å². The van der Waals surface area contributed by atoms with E-state index >= 15 is 0 Å². The molecule has 0 aliphatic heterocycles. The molecule has 0 aliphatic rings. The number of rotatable bonds is 7. The van der Waals surface area contributed by atoms with E-state index < -0.39 is 6.61 Å². The first-order chi connectivity index (χ1) is 13.1. The van der Waals surface area contributed by atoms with Gasteiger partial charge in [-0.15, -0.1) is 0 Å². The normalized spacial score (nSPS) is 11.1. The Bertz CT molecular complexity index is 912. The van der Waals surface area contributed by atoms with Crippen molar-refractivity contribution >= 4 is 12.0 Å². The molecule has 0 atom stereocenters. The van der Waals surface area contributed by atoms with E-state index in [2.05, 4.69) is 25.1 Å². The van der Waals surface area contributed by atoms with Gasteiger partial charge in [0.05, 0.1) is 0 Å². The lowest BCUT2D eigenvalue weighted by Crippen LogP contribution is -2.21. The maximum Gasteiger partial charge on any atom is 0.387 e. The van der Waals surface area contributed by atoms with Gasteiger partial charge in [-0.1, -0.05) is 18.2 Å². The molecule has 3 aromatic rings. The van der Waals surface area contributed by atoms with Crippen LogP contribution in [0.5, 0.6) is 5.75 Å². The van der Waals surface area contributed by atoms with Crippen LogP contribution in [0.25, 0.3) is 11.9 Å². The molecule has 0 saturated heterocycles. The monoisotopic (exact) mass is 371 g/mol. The Morgan fingerprint density at radius 1 is 1.26 bits per heavy atom. The number of alkyl halides is 2. The second-order valence-corrected chi connectivity index (χ2v) is 5.32. The third kappa shape index (κ3) is 5.18. The highest BCUT2D eigenvalue weighted by molar-refractivity contribution is 5.91. The number of amides is 1. The summed E-state index contributed by atoms with van der Waals surface area (Å²) in [5.74, 6) is 0.328. The number of hydrogen-bond acceptors (Lipinski definition) is 5. The summed E-state index contributed by atoms with van der Waals surface area (Å²) in [6, 6.07) is 9.56. The van der Waals surface area contributed by atoms with Gasteiger partial charge in [0, 0.05) is 24.4 Å². The summed E-state index contributed by atoms with van der Waals surface area (Å²) in [6.45, 7) is -2.61. The SMILES string of the molecule is O=C(/C=C/c1ccc(OC(F)F)cc1)NCc1cccnc1-n1cncn1. The Labute approximate surface area is 153 Å². The Morgan fingerprint density at radius 3 is 2.78 bits per heavy atom. The third-order valence-corrected chi connectivity index (χ3v) is 3.49. The highest BCUT2D eigenvalue weighted by Crippen LogP contribution is 2.15. The van der Waals surface area contributed by atoms with Gasteiger partial charge in [0.2, 0.25) is 5.91 Å². The van der Waals surface area contributed by atoms with Crippen molar-refractivity contribution in [3.05, 3.63) is 72.5 Å². The first-order valence-electron chi connectivity index (χ1n) is 7.91. The second-order valence-electron chi connectivity index (χ2n) is 5.32. The third-order valence-electron chi connectivity index (χ3n) is 3.49. The highest BCUT2D eigenvalue weighted by atomic mass is 19.3. The standard InChI is InChI=1S/C18H15F2N5O2/c19-18(20)27-15-6-3-13(4-7-15)5-8-16(26)23-10-14-2-1-9-22-17(14)25-12-21-11-24-25/h1-9,11-12,18H,10H2,(H,23,26)/b8-5+. The number of hydrogen-bond donors (Lipinski definition) is 1. The fourth-order valence-corrected chi connectivity index (χ4v) is 2.27. The van der Waals surface area contributed by atoms with Gasteiger partial charge in [-0.3, -0.25) is 4.79 Å². The quantitative estimate of drug-likeness (QED) is 0.646. The van der Waals surface area contributed by atoms with E-state index in [-0.39, 0.29) is 18.2 Å². The number of nitrogens with one attached hydrogen (secondary N) is 1. The van der Waals surface area contributed by atoms with Crippen LogP contribution in [0.4, 0.5) is 8.78 Å². The van der Waals surface area contributed by atoms with Crippen molar-refractivity contribution in [3.8, 4) is 11.6 Å². The predicted molar refractivity (Wildman–Crippen MR) is 93.1 cm³/mol. The maximum absolute atomic E-state index is 12.1. The molecule has 2 heterocycles. The molecular formula is C18H15F2N5O2. The van der Waals surface area contributed by atoms with Crippen LogP contribution >= 0.6 is 0 Å². The van der Waals surface area contributed by atoms with E-state index in [1.807, 2.05) is 6.07 Å². The molecule has 2 aromatic heterocycles. The molecule has 27 heavy (non-hydrogen) atoms. The van der Waals surface area contributed by atoms with Gasteiger partial charge < -0.3 is 10.1 Å². The molecule has 0 bridgehead atoms. The van der Waals surface area contributed by atoms with E-state index in [1.165, 1.54) is 35.5 Å². The summed E-state index contributed by atoms with van der Waals surface area (Å²) in [4.78, 5) is 20.2. The number of aromatic nitrogens is 4. The molecule has 138 valence electrons. The van der Waals surface area contributed by atoms with E-state index in [4.69, 9.17) is 0 Å². The number of ether oxygens (including phenoxy) is 1. The molecule has 0 radical (unpaired) electrons. The predicted octanol–water partition coefficient (Wildman–Crippen LogP) is 2.59. The van der Waals surface area contributed by atoms with Crippen molar-refractivity contribution in [2.24, 2.45) is 0 Å². The Hall–Kier alpha value is -3.62. The number of benzene rings is 1. The van der Waals surface area contributed by atoms with Crippen LogP contribution in [0.3, 0.4) is 0 Å². The zero-order chi connectivity index (χ0) is 19.1. The van der Waals surface area contributed by atoms with Crippen molar-refractivity contribution in [2.45, 2.75) is 13.2 Å². The van der Waals surface area contributed by atoms with Gasteiger partial charge in [0.1, 0.15) is 18.4 Å². The average molecular weight is 371 g/mol. The molecule has 0 fully saturated rings. The molecule has 0 aliphatic carbocycles. The molecule has 1 N–H and O–H groups in total. The van der Waals surface area contributed by atoms with Crippen molar-refractivity contribution < 1.29 is 18.3 Å². The topological polar surface area (TPSA) is 81.9 Å². The van der Waals surface area contributed by atoms with Gasteiger partial charge >= 0.3 is 6.61 Å². The second kappa shape index (κ2) is 8.65. The van der Waals surface area contributed by atoms with Crippen LogP contribution in [0, 0.1) is 0 Å². The molecule has 7 nitrogen and oxygen atoms in total. The van der Waals surface area contributed by atoms with Gasteiger partial charge in [0.15, 0.2) is 5.82 Å². The van der Waals surface area contributed by atoms with Crippen LogP contribution in [0.1, 0.15) is 11.1 Å². The Kier molecular flexibility index (Phi) is 5.83. The number of carbonyl (C=O) groups is 1. The number of halogens is 2. The molecule has 1 aromatic carbocycles. The van der Waals surface area contributed by atoms with Crippen LogP contribution in [0.2, 0.25) is 0 Å². The van der Waals surface area contributed by atoms with Gasteiger partial charge in [0.25, 0.3) is 0 Å². The van der Waals surface area contributed by atoms with Crippen LogP contribution in [-0.4, -0.2) is 32.3 Å². The number of nitrogens with zero attached hydrogens (tertiary/aromatic N) is 4. The Balaban J connectivity index is 1.58. The molecule has 1 amide bonds. The van der Waals surface area contributed by atoms with E-state index in [0.717, 1.165) is 5.56 Å². The zero-order valence-corrected chi connectivity index (χ0v) is 14.0. The van der Waals surface area contributed by atoms with Crippen molar-refractivity contribution in [2.75, 3.05) is 0 Å². The summed E-state index contributed by atoms with van der Waals surface area (Å²) in [7, 11) is 0. The smallest absolute Gasteiger partial charge is 0.387 e. The summed E-state index contributed by atoms with van der Waals surface area (Å²) in [5.41, 5.74) is 1.45. The first-order valence-corrected chi connectivity index (χ1v) is 7.91. The number of pyridine rings is 1. The maximum atomic E-state index is 12.1. The summed E-state index contributed by atoms with van der Waals surface area (Å²) in [5, 5.41) is 6.79. The molecule has 0 spiro atoms. The largest absolute Gasteiger partial charge is 0.435 e. The minimum atomic E-state index is -2.87. The van der Waals surface area contributed by atoms with Crippen LogP contribution in [-0.2, 0) is 11.3 Å². The van der Waals surface area contributed by atoms with Gasteiger partial charge in [-0.2, -0.15) is 13.9 Å². The van der Waals surface area contributed by atoms with Crippen molar-refractivity contribution in [1.29, 1.82) is 0 Å². The van der Waals surface area contributed by atoms with Crippen molar-refractivity contribution in [1.82, 2.24) is 25.1 Å². The van der Waals surface area contributed by atoms with Crippen molar-refractivity contribution in [3.63, 3.8) is 0 Å². The fraction of sp³-hybridized carbons (Fsp3) is 0.111. The highest BCUT2D eigenvalue weighted by Gasteiger charge is 2.07. The van der Waals surface area contributed by atoms with Crippen LogP contribution in [0.15, 0.2) is 61.3 Å². The molecular weight excluding hydrogens is 356 g/mol. The zero-order valence-electron chi connectivity index (χ0n) is 14.0. The fourth-order valence-electron chi connectivity index (χ4n) is 2.27. The molecule has 0 saturated carbocycles. The summed E-state index contributed by atoms with van der Waals surface area (Å²) < 4.78 is 30.0. The first kappa shape index (κ1) is 18.2.